The van der Waals surface area contributed by atoms with Crippen LogP contribution in [-0.4, -0.2) is 53.6 Å². The number of rotatable bonds is 5. The van der Waals surface area contributed by atoms with Gasteiger partial charge in [0.05, 0.1) is 18.0 Å². The van der Waals surface area contributed by atoms with Gasteiger partial charge in [0.25, 0.3) is 5.89 Å². The predicted molar refractivity (Wildman–Crippen MR) is 72.6 cm³/mol. The Morgan fingerprint density at radius 3 is 2.79 bits per heavy atom. The molecule has 2 heterocycles. The third-order valence-corrected chi connectivity index (χ3v) is 3.37. The molecule has 0 aliphatic rings. The Hall–Kier alpha value is -1.73. The van der Waals surface area contributed by atoms with Gasteiger partial charge < -0.3 is 9.32 Å². The third kappa shape index (κ3) is 3.62. The van der Waals surface area contributed by atoms with Gasteiger partial charge in [-0.05, 0) is 18.5 Å². The van der Waals surface area contributed by atoms with Crippen molar-refractivity contribution in [2.75, 3.05) is 27.7 Å². The number of nitrogens with zero attached hydrogens (tertiary/aromatic N) is 4. The highest BCUT2D eigenvalue weighted by atomic mass is 32.1. The summed E-state index contributed by atoms with van der Waals surface area (Å²) in [5.41, 5.74) is 0. The van der Waals surface area contributed by atoms with Crippen molar-refractivity contribution in [2.45, 2.75) is 6.54 Å². The summed E-state index contributed by atoms with van der Waals surface area (Å²) in [5.74, 6) is 1.08. The van der Waals surface area contributed by atoms with Crippen molar-refractivity contribution in [1.29, 1.82) is 0 Å². The Balaban J connectivity index is 1.95. The second kappa shape index (κ2) is 5.94. The standard InChI is InChI=1S/C12H16N4O2S/c1-15(2)11(17)8-16(3)7-10-13-14-12(18-10)9-5-4-6-19-9/h4-6H,7-8H2,1-3H3. The van der Waals surface area contributed by atoms with Gasteiger partial charge in [-0.3, -0.25) is 9.69 Å². The maximum Gasteiger partial charge on any atom is 0.257 e. The molecule has 0 aliphatic heterocycles. The van der Waals surface area contributed by atoms with Gasteiger partial charge in [0.2, 0.25) is 11.8 Å². The summed E-state index contributed by atoms with van der Waals surface area (Å²) in [6.07, 6.45) is 0. The van der Waals surface area contributed by atoms with Gasteiger partial charge in [-0.2, -0.15) is 0 Å². The summed E-state index contributed by atoms with van der Waals surface area (Å²) in [6, 6.07) is 3.87. The number of hydrogen-bond donors (Lipinski definition) is 0. The van der Waals surface area contributed by atoms with Gasteiger partial charge in [0.1, 0.15) is 0 Å². The molecule has 0 spiro atoms. The van der Waals surface area contributed by atoms with Crippen molar-refractivity contribution in [3.8, 4) is 10.8 Å². The summed E-state index contributed by atoms with van der Waals surface area (Å²) >= 11 is 1.55. The lowest BCUT2D eigenvalue weighted by molar-refractivity contribution is -0.129. The highest BCUT2D eigenvalue weighted by molar-refractivity contribution is 7.13. The molecule has 19 heavy (non-hydrogen) atoms. The average Bonchev–Trinajstić information content (AvgIpc) is 2.97. The molecule has 2 aromatic heterocycles. The molecule has 0 aromatic carbocycles. The fourth-order valence-electron chi connectivity index (χ4n) is 1.48. The smallest absolute Gasteiger partial charge is 0.257 e. The van der Waals surface area contributed by atoms with E-state index in [1.165, 1.54) is 0 Å². The first kappa shape index (κ1) is 13.7. The lowest BCUT2D eigenvalue weighted by Crippen LogP contribution is -2.34. The maximum atomic E-state index is 11.6. The van der Waals surface area contributed by atoms with Crippen molar-refractivity contribution in [1.82, 2.24) is 20.0 Å². The molecule has 0 fully saturated rings. The molecular formula is C12H16N4O2S. The molecule has 0 radical (unpaired) electrons. The minimum atomic E-state index is 0.0421. The summed E-state index contributed by atoms with van der Waals surface area (Å²) in [4.78, 5) is 15.9. The van der Waals surface area contributed by atoms with E-state index in [9.17, 15) is 4.79 Å². The van der Waals surface area contributed by atoms with E-state index in [1.807, 2.05) is 29.5 Å². The monoisotopic (exact) mass is 280 g/mol. The molecular weight excluding hydrogens is 264 g/mol. The van der Waals surface area contributed by atoms with Crippen molar-refractivity contribution in [2.24, 2.45) is 0 Å². The Morgan fingerprint density at radius 1 is 1.37 bits per heavy atom. The van der Waals surface area contributed by atoms with Crippen LogP contribution in [-0.2, 0) is 11.3 Å². The molecule has 0 N–H and O–H groups in total. The highest BCUT2D eigenvalue weighted by Gasteiger charge is 2.13. The summed E-state index contributed by atoms with van der Waals surface area (Å²) in [7, 11) is 5.31. The number of carbonyl (C=O) groups excluding carboxylic acids is 1. The molecule has 6 nitrogen and oxygen atoms in total. The van der Waals surface area contributed by atoms with Gasteiger partial charge in [-0.25, -0.2) is 0 Å². The largest absolute Gasteiger partial charge is 0.419 e. The molecule has 0 saturated carbocycles. The second-order valence-corrected chi connectivity index (χ2v) is 5.39. The number of amides is 1. The van der Waals surface area contributed by atoms with Gasteiger partial charge in [-0.15, -0.1) is 21.5 Å². The normalized spacial score (nSPS) is 10.9. The highest BCUT2D eigenvalue weighted by Crippen LogP contribution is 2.23. The van der Waals surface area contributed by atoms with E-state index in [0.717, 1.165) is 4.88 Å². The van der Waals surface area contributed by atoms with Gasteiger partial charge in [0.15, 0.2) is 0 Å². The third-order valence-electron chi connectivity index (χ3n) is 2.51. The number of aromatic nitrogens is 2. The Labute approximate surface area is 115 Å². The van der Waals surface area contributed by atoms with E-state index in [2.05, 4.69) is 10.2 Å². The molecule has 0 bridgehead atoms. The molecule has 2 aromatic rings. The van der Waals surface area contributed by atoms with Crippen LogP contribution in [0.4, 0.5) is 0 Å². The van der Waals surface area contributed by atoms with Crippen LogP contribution in [0.25, 0.3) is 10.8 Å². The lowest BCUT2D eigenvalue weighted by atomic mass is 10.4. The first-order chi connectivity index (χ1) is 9.06. The zero-order chi connectivity index (χ0) is 13.8. The number of likely N-dealkylation sites (N-methyl/N-ethyl adjacent to an activating group) is 2. The van der Waals surface area contributed by atoms with Crippen LogP contribution in [0.15, 0.2) is 21.9 Å². The van der Waals surface area contributed by atoms with Gasteiger partial charge in [0, 0.05) is 14.1 Å². The van der Waals surface area contributed by atoms with Gasteiger partial charge in [-0.1, -0.05) is 6.07 Å². The molecule has 1 amide bonds. The van der Waals surface area contributed by atoms with Crippen LogP contribution in [0.5, 0.6) is 0 Å². The number of carbonyl (C=O) groups is 1. The van der Waals surface area contributed by atoms with E-state index in [4.69, 9.17) is 4.42 Å². The van der Waals surface area contributed by atoms with Crippen molar-refractivity contribution >= 4 is 17.2 Å². The van der Waals surface area contributed by atoms with Crippen LogP contribution in [0.3, 0.4) is 0 Å². The molecule has 0 saturated heterocycles. The fraction of sp³-hybridized carbons (Fsp3) is 0.417. The van der Waals surface area contributed by atoms with E-state index >= 15 is 0 Å². The van der Waals surface area contributed by atoms with Crippen LogP contribution < -0.4 is 0 Å². The van der Waals surface area contributed by atoms with Crippen molar-refractivity contribution in [3.05, 3.63) is 23.4 Å². The minimum absolute atomic E-state index is 0.0421. The minimum Gasteiger partial charge on any atom is -0.419 e. The Kier molecular flexibility index (Phi) is 4.28. The first-order valence-electron chi connectivity index (χ1n) is 5.81. The van der Waals surface area contributed by atoms with E-state index in [1.54, 1.807) is 30.3 Å². The van der Waals surface area contributed by atoms with Gasteiger partial charge >= 0.3 is 0 Å². The van der Waals surface area contributed by atoms with E-state index in [-0.39, 0.29) is 5.91 Å². The molecule has 7 heteroatoms. The summed E-state index contributed by atoms with van der Waals surface area (Å²) < 4.78 is 5.56. The molecule has 0 unspecified atom stereocenters. The van der Waals surface area contributed by atoms with Crippen LogP contribution in [0.1, 0.15) is 5.89 Å². The number of hydrogen-bond acceptors (Lipinski definition) is 6. The topological polar surface area (TPSA) is 62.5 Å². The quantitative estimate of drug-likeness (QED) is 0.826. The molecule has 0 aliphatic carbocycles. The lowest BCUT2D eigenvalue weighted by Gasteiger charge is -2.16. The van der Waals surface area contributed by atoms with Crippen LogP contribution in [0.2, 0.25) is 0 Å². The Bertz CT molecular complexity index is 536. The van der Waals surface area contributed by atoms with Crippen LogP contribution >= 0.6 is 11.3 Å². The maximum absolute atomic E-state index is 11.6. The average molecular weight is 280 g/mol. The SMILES string of the molecule is CN(CC(=O)N(C)C)Cc1nnc(-c2cccs2)o1. The summed E-state index contributed by atoms with van der Waals surface area (Å²) in [5, 5.41) is 9.94. The Morgan fingerprint density at radius 2 is 2.16 bits per heavy atom. The second-order valence-electron chi connectivity index (χ2n) is 4.44. The zero-order valence-corrected chi connectivity index (χ0v) is 12.0. The predicted octanol–water partition coefficient (Wildman–Crippen LogP) is 1.32. The van der Waals surface area contributed by atoms with Crippen molar-refractivity contribution < 1.29 is 9.21 Å². The fourth-order valence-corrected chi connectivity index (χ4v) is 2.12. The van der Waals surface area contributed by atoms with E-state index < -0.39 is 0 Å². The van der Waals surface area contributed by atoms with Crippen molar-refractivity contribution in [3.63, 3.8) is 0 Å². The zero-order valence-electron chi connectivity index (χ0n) is 11.2. The first-order valence-corrected chi connectivity index (χ1v) is 6.69. The number of thiophene rings is 1. The van der Waals surface area contributed by atoms with E-state index in [0.29, 0.717) is 24.9 Å². The molecule has 102 valence electrons. The molecule has 2 rings (SSSR count). The summed E-state index contributed by atoms with van der Waals surface area (Å²) in [6.45, 7) is 0.779. The van der Waals surface area contributed by atoms with Crippen LogP contribution in [0, 0.1) is 0 Å². The molecule has 0 atom stereocenters.